The summed E-state index contributed by atoms with van der Waals surface area (Å²) >= 11 is 0. The van der Waals surface area contributed by atoms with Crippen LogP contribution in [-0.2, 0) is 19.1 Å². The van der Waals surface area contributed by atoms with Gasteiger partial charge in [0, 0.05) is 12.8 Å². The second-order valence-corrected chi connectivity index (χ2v) is 4.11. The molecule has 98 valence electrons. The van der Waals surface area contributed by atoms with E-state index in [-0.39, 0.29) is 11.6 Å². The van der Waals surface area contributed by atoms with Crippen molar-refractivity contribution >= 4 is 11.9 Å². The highest BCUT2D eigenvalue weighted by molar-refractivity contribution is 5.99. The highest BCUT2D eigenvalue weighted by atomic mass is 16.5. The summed E-state index contributed by atoms with van der Waals surface area (Å²) in [4.78, 5) is 26.7. The molecule has 0 atom stereocenters. The van der Waals surface area contributed by atoms with Crippen LogP contribution in [0.3, 0.4) is 0 Å². The van der Waals surface area contributed by atoms with Crippen molar-refractivity contribution in [3.63, 3.8) is 0 Å². The number of hydrogen-bond donors (Lipinski definition) is 0. The van der Waals surface area contributed by atoms with Gasteiger partial charge in [-0.15, -0.1) is 0 Å². The van der Waals surface area contributed by atoms with Crippen LogP contribution in [0.2, 0.25) is 0 Å². The van der Waals surface area contributed by atoms with Crippen molar-refractivity contribution in [1.82, 2.24) is 0 Å². The van der Waals surface area contributed by atoms with Crippen molar-refractivity contribution < 1.29 is 19.1 Å². The fourth-order valence-electron chi connectivity index (χ4n) is 1.79. The van der Waals surface area contributed by atoms with Crippen LogP contribution >= 0.6 is 0 Å². The lowest BCUT2D eigenvalue weighted by atomic mass is 9.96. The SMILES string of the molecule is COC(=O)C=C(C#[N+]C1CCCCC1)C(=O)OC. The van der Waals surface area contributed by atoms with E-state index in [1.54, 1.807) is 0 Å². The molecule has 0 N–H and O–H groups in total. The lowest BCUT2D eigenvalue weighted by molar-refractivity contribution is -0.138. The van der Waals surface area contributed by atoms with E-state index in [9.17, 15) is 9.59 Å². The van der Waals surface area contributed by atoms with Gasteiger partial charge in [-0.2, -0.15) is 0 Å². The Morgan fingerprint density at radius 2 is 1.83 bits per heavy atom. The van der Waals surface area contributed by atoms with Crippen LogP contribution in [0.25, 0.3) is 4.85 Å². The molecule has 0 aromatic rings. The van der Waals surface area contributed by atoms with Crippen molar-refractivity contribution in [1.29, 1.82) is 0 Å². The van der Waals surface area contributed by atoms with Crippen molar-refractivity contribution in [2.24, 2.45) is 0 Å². The molecule has 1 rings (SSSR count). The zero-order valence-electron chi connectivity index (χ0n) is 10.8. The van der Waals surface area contributed by atoms with Crippen LogP contribution in [0.15, 0.2) is 11.6 Å². The number of carbonyl (C=O) groups excluding carboxylic acids is 2. The highest BCUT2D eigenvalue weighted by Gasteiger charge is 2.22. The average Bonchev–Trinajstić information content (AvgIpc) is 2.43. The summed E-state index contributed by atoms with van der Waals surface area (Å²) in [5.41, 5.74) is -0.00470. The fraction of sp³-hybridized carbons (Fsp3) is 0.615. The third kappa shape index (κ3) is 4.58. The zero-order chi connectivity index (χ0) is 13.4. The maximum absolute atomic E-state index is 11.4. The van der Waals surface area contributed by atoms with Gasteiger partial charge in [0.2, 0.25) is 0 Å². The van der Waals surface area contributed by atoms with E-state index in [0.29, 0.717) is 0 Å². The first-order chi connectivity index (χ1) is 8.67. The lowest BCUT2D eigenvalue weighted by Gasteiger charge is -2.07. The van der Waals surface area contributed by atoms with Crippen LogP contribution in [0.5, 0.6) is 0 Å². The Kier molecular flexibility index (Phi) is 5.92. The number of ether oxygens (including phenoxy) is 2. The van der Waals surface area contributed by atoms with Gasteiger partial charge in [-0.3, -0.25) is 0 Å². The predicted molar refractivity (Wildman–Crippen MR) is 66.2 cm³/mol. The van der Waals surface area contributed by atoms with Crippen molar-refractivity contribution in [3.8, 4) is 6.07 Å². The number of hydrogen-bond acceptors (Lipinski definition) is 4. The molecule has 1 aliphatic carbocycles. The number of esters is 2. The molecule has 0 amide bonds. The minimum atomic E-state index is -0.639. The van der Waals surface area contributed by atoms with E-state index < -0.39 is 11.9 Å². The molecule has 0 saturated heterocycles. The van der Waals surface area contributed by atoms with Crippen LogP contribution in [0.4, 0.5) is 0 Å². The third-order valence-electron chi connectivity index (χ3n) is 2.81. The Bertz CT molecular complexity index is 397. The topological polar surface area (TPSA) is 57.0 Å². The van der Waals surface area contributed by atoms with Gasteiger partial charge in [0.15, 0.2) is 5.57 Å². The minimum absolute atomic E-state index is 0.00470. The second-order valence-electron chi connectivity index (χ2n) is 4.11. The molecule has 1 aliphatic rings. The number of carbonyl (C=O) groups is 2. The Labute approximate surface area is 107 Å². The molecule has 0 spiro atoms. The molecule has 0 unspecified atom stereocenters. The molecule has 5 heteroatoms. The van der Waals surface area contributed by atoms with Gasteiger partial charge in [0.05, 0.1) is 20.3 Å². The van der Waals surface area contributed by atoms with E-state index in [1.165, 1.54) is 20.6 Å². The van der Waals surface area contributed by atoms with E-state index in [2.05, 4.69) is 20.4 Å². The lowest BCUT2D eigenvalue weighted by Crippen LogP contribution is -2.09. The molecule has 5 nitrogen and oxygen atoms in total. The van der Waals surface area contributed by atoms with E-state index in [0.717, 1.165) is 31.8 Å². The van der Waals surface area contributed by atoms with Crippen molar-refractivity contribution in [2.75, 3.05) is 14.2 Å². The largest absolute Gasteiger partial charge is 0.466 e. The van der Waals surface area contributed by atoms with E-state index in [4.69, 9.17) is 0 Å². The molecule has 0 heterocycles. The Morgan fingerprint density at radius 3 is 2.39 bits per heavy atom. The Balaban J connectivity index is 2.78. The van der Waals surface area contributed by atoms with Crippen LogP contribution < -0.4 is 0 Å². The summed E-state index contributed by atoms with van der Waals surface area (Å²) < 4.78 is 9.02. The van der Waals surface area contributed by atoms with E-state index in [1.807, 2.05) is 0 Å². The molecule has 0 radical (unpaired) electrons. The molecule has 1 saturated carbocycles. The summed E-state index contributed by atoms with van der Waals surface area (Å²) in [6.45, 7) is 0. The standard InChI is InChI=1S/C13H18NO4/c1-17-12(15)8-10(13(16)18-2)9-14-11-6-4-3-5-7-11/h8,11H,3-7H2,1-2H3/q+1. The van der Waals surface area contributed by atoms with Gasteiger partial charge in [0.1, 0.15) is 0 Å². The van der Waals surface area contributed by atoms with Gasteiger partial charge in [-0.25, -0.2) is 9.59 Å². The number of nitrogens with zero attached hydrogens (tertiary/aromatic N) is 1. The summed E-state index contributed by atoms with van der Waals surface area (Å²) in [5.74, 6) is -1.26. The van der Waals surface area contributed by atoms with Crippen LogP contribution in [0, 0.1) is 6.07 Å². The molecule has 0 bridgehead atoms. The first-order valence-electron chi connectivity index (χ1n) is 6.01. The molecular weight excluding hydrogens is 234 g/mol. The molecule has 1 fully saturated rings. The fourth-order valence-corrected chi connectivity index (χ4v) is 1.79. The van der Waals surface area contributed by atoms with Gasteiger partial charge in [-0.1, -0.05) is 11.3 Å². The molecule has 0 aromatic heterocycles. The highest BCUT2D eigenvalue weighted by Crippen LogP contribution is 2.20. The van der Waals surface area contributed by atoms with Crippen LogP contribution in [-0.4, -0.2) is 32.2 Å². The van der Waals surface area contributed by atoms with Crippen LogP contribution in [0.1, 0.15) is 32.1 Å². The first-order valence-corrected chi connectivity index (χ1v) is 6.01. The molecule has 0 aromatic carbocycles. The molecule has 0 aliphatic heterocycles. The van der Waals surface area contributed by atoms with Crippen molar-refractivity contribution in [3.05, 3.63) is 16.5 Å². The number of rotatable bonds is 2. The molecular formula is C13H18NO4+. The summed E-state index contributed by atoms with van der Waals surface area (Å²) in [7, 11) is 2.49. The Morgan fingerprint density at radius 1 is 1.17 bits per heavy atom. The predicted octanol–water partition coefficient (Wildman–Crippen LogP) is 1.92. The van der Waals surface area contributed by atoms with Gasteiger partial charge in [0.25, 0.3) is 6.04 Å². The smallest absolute Gasteiger partial charge is 0.353 e. The monoisotopic (exact) mass is 252 g/mol. The van der Waals surface area contributed by atoms with Crippen molar-refractivity contribution in [2.45, 2.75) is 38.1 Å². The number of methoxy groups -OCH3 is 2. The van der Waals surface area contributed by atoms with Gasteiger partial charge in [-0.05, 0) is 12.8 Å². The maximum atomic E-state index is 11.4. The summed E-state index contributed by atoms with van der Waals surface area (Å²) in [6, 6.07) is 2.80. The first kappa shape index (κ1) is 14.2. The minimum Gasteiger partial charge on any atom is -0.466 e. The molecule has 18 heavy (non-hydrogen) atoms. The quantitative estimate of drug-likeness (QED) is 0.428. The zero-order valence-corrected chi connectivity index (χ0v) is 10.8. The van der Waals surface area contributed by atoms with Gasteiger partial charge >= 0.3 is 18.0 Å². The third-order valence-corrected chi connectivity index (χ3v) is 2.81. The summed E-state index contributed by atoms with van der Waals surface area (Å²) in [5, 5.41) is 0. The van der Waals surface area contributed by atoms with E-state index >= 15 is 0 Å². The maximum Gasteiger partial charge on any atom is 0.353 e. The summed E-state index contributed by atoms with van der Waals surface area (Å²) in [6.07, 6.45) is 6.56. The normalized spacial score (nSPS) is 16.4. The second kappa shape index (κ2) is 7.49. The average molecular weight is 252 g/mol. The Hall–Kier alpha value is -1.83. The van der Waals surface area contributed by atoms with Gasteiger partial charge < -0.3 is 9.47 Å².